The Hall–Kier alpha value is -1.76. The topological polar surface area (TPSA) is 72.7 Å². The van der Waals surface area contributed by atoms with Crippen molar-refractivity contribution in [3.63, 3.8) is 0 Å². The van der Waals surface area contributed by atoms with Crippen molar-refractivity contribution in [2.75, 3.05) is 5.75 Å². The Labute approximate surface area is 165 Å². The van der Waals surface area contributed by atoms with Crippen LogP contribution in [0.4, 0.5) is 0 Å². The molecule has 0 radical (unpaired) electrons. The minimum Gasteiger partial charge on any atom is -0.309 e. The van der Waals surface area contributed by atoms with E-state index in [1.807, 2.05) is 23.6 Å². The van der Waals surface area contributed by atoms with Crippen LogP contribution in [0.5, 0.6) is 0 Å². The van der Waals surface area contributed by atoms with Crippen molar-refractivity contribution >= 4 is 22.9 Å². The molecule has 0 aliphatic heterocycles. The van der Waals surface area contributed by atoms with Crippen molar-refractivity contribution < 1.29 is 0 Å². The van der Waals surface area contributed by atoms with Crippen molar-refractivity contribution in [1.82, 2.24) is 19.1 Å². The van der Waals surface area contributed by atoms with E-state index in [4.69, 9.17) is 0 Å². The summed E-state index contributed by atoms with van der Waals surface area (Å²) < 4.78 is 3.31. The fourth-order valence-electron chi connectivity index (χ4n) is 3.10. The van der Waals surface area contributed by atoms with E-state index in [9.17, 15) is 9.59 Å². The molecule has 0 amide bonds. The Morgan fingerprint density at radius 1 is 1.07 bits per heavy atom. The summed E-state index contributed by atoms with van der Waals surface area (Å²) in [6.45, 7) is 4.77. The number of thioether (sulfide) groups is 1. The molecule has 0 bridgehead atoms. The van der Waals surface area contributed by atoms with Gasteiger partial charge in [0.15, 0.2) is 16.3 Å². The van der Waals surface area contributed by atoms with E-state index in [-0.39, 0.29) is 5.56 Å². The van der Waals surface area contributed by atoms with Gasteiger partial charge >= 0.3 is 5.69 Å². The summed E-state index contributed by atoms with van der Waals surface area (Å²) in [4.78, 5) is 31.1. The maximum Gasteiger partial charge on any atom is 0.329 e. The molecule has 6 nitrogen and oxygen atoms in total. The fraction of sp³-hybridized carbons (Fsp3) is 0.650. The van der Waals surface area contributed by atoms with Crippen molar-refractivity contribution in [3.8, 4) is 0 Å². The number of allylic oxidation sites excluding steroid dienone is 2. The summed E-state index contributed by atoms with van der Waals surface area (Å²) in [7, 11) is 1.64. The number of hydrogen-bond donors (Lipinski definition) is 1. The van der Waals surface area contributed by atoms with Gasteiger partial charge in [-0.05, 0) is 13.3 Å². The van der Waals surface area contributed by atoms with Gasteiger partial charge in [-0.15, -0.1) is 0 Å². The molecule has 2 heterocycles. The first kappa shape index (κ1) is 21.5. The molecule has 2 aromatic rings. The van der Waals surface area contributed by atoms with Gasteiger partial charge in [0, 0.05) is 19.3 Å². The standard InChI is InChI=1S/C20H32N4O2S/c1-4-6-8-9-10-11-12-13-15-27-20-21-17-16(24(20)14-7-5-2)18(25)22-19(26)23(17)3/h5,7H,4,6,8-15H2,1-3H3,(H,22,25,26)/b7-5+. The van der Waals surface area contributed by atoms with E-state index < -0.39 is 5.69 Å². The van der Waals surface area contributed by atoms with Crippen LogP contribution in [0.2, 0.25) is 0 Å². The second kappa shape index (κ2) is 11.2. The van der Waals surface area contributed by atoms with Crippen molar-refractivity contribution in [1.29, 1.82) is 0 Å². The molecule has 0 saturated carbocycles. The number of H-pyrrole nitrogens is 1. The summed E-state index contributed by atoms with van der Waals surface area (Å²) in [6, 6.07) is 0. The third-order valence-electron chi connectivity index (χ3n) is 4.72. The first-order chi connectivity index (χ1) is 13.1. The van der Waals surface area contributed by atoms with Gasteiger partial charge < -0.3 is 4.57 Å². The van der Waals surface area contributed by atoms with Gasteiger partial charge in [-0.25, -0.2) is 9.78 Å². The molecule has 1 N–H and O–H groups in total. The Balaban J connectivity index is 2.00. The molecule has 0 spiro atoms. The van der Waals surface area contributed by atoms with Crippen LogP contribution in [0.25, 0.3) is 11.2 Å². The van der Waals surface area contributed by atoms with Crippen LogP contribution in [-0.2, 0) is 13.6 Å². The van der Waals surface area contributed by atoms with Crippen molar-refractivity contribution in [2.24, 2.45) is 7.05 Å². The Kier molecular flexibility index (Phi) is 8.91. The molecule has 0 atom stereocenters. The van der Waals surface area contributed by atoms with E-state index in [1.165, 1.54) is 49.5 Å². The Bertz CT molecular complexity index is 863. The lowest BCUT2D eigenvalue weighted by atomic mass is 10.1. The van der Waals surface area contributed by atoms with Gasteiger partial charge in [0.25, 0.3) is 5.56 Å². The quantitative estimate of drug-likeness (QED) is 0.333. The molecule has 0 aliphatic rings. The average Bonchev–Trinajstić information content (AvgIpc) is 3.02. The summed E-state index contributed by atoms with van der Waals surface area (Å²) in [6.07, 6.45) is 14.3. The fourth-order valence-corrected chi connectivity index (χ4v) is 4.11. The normalized spacial score (nSPS) is 11.8. The lowest BCUT2D eigenvalue weighted by Gasteiger charge is -2.06. The maximum atomic E-state index is 12.3. The number of aromatic amines is 1. The van der Waals surface area contributed by atoms with E-state index >= 15 is 0 Å². The summed E-state index contributed by atoms with van der Waals surface area (Å²) in [5.74, 6) is 0.972. The second-order valence-electron chi connectivity index (χ2n) is 6.89. The summed E-state index contributed by atoms with van der Waals surface area (Å²) in [5.41, 5.74) is 0.118. The van der Waals surface area contributed by atoms with Gasteiger partial charge in [0.05, 0.1) is 0 Å². The second-order valence-corrected chi connectivity index (χ2v) is 7.95. The van der Waals surface area contributed by atoms with E-state index in [2.05, 4.69) is 16.9 Å². The number of nitrogens with one attached hydrogen (secondary N) is 1. The molecule has 0 aliphatic carbocycles. The highest BCUT2D eigenvalue weighted by Crippen LogP contribution is 2.23. The van der Waals surface area contributed by atoms with Gasteiger partial charge in [-0.2, -0.15) is 0 Å². The van der Waals surface area contributed by atoms with Crippen LogP contribution in [0.3, 0.4) is 0 Å². The molecule has 0 fully saturated rings. The maximum absolute atomic E-state index is 12.3. The predicted molar refractivity (Wildman–Crippen MR) is 114 cm³/mol. The van der Waals surface area contributed by atoms with Gasteiger partial charge in [0.2, 0.25) is 0 Å². The van der Waals surface area contributed by atoms with Crippen LogP contribution in [-0.4, -0.2) is 24.9 Å². The minimum atomic E-state index is -0.428. The first-order valence-electron chi connectivity index (χ1n) is 10.0. The average molecular weight is 393 g/mol. The monoisotopic (exact) mass is 392 g/mol. The minimum absolute atomic E-state index is 0.371. The van der Waals surface area contributed by atoms with Gasteiger partial charge in [0.1, 0.15) is 0 Å². The highest BCUT2D eigenvalue weighted by Gasteiger charge is 2.16. The molecular weight excluding hydrogens is 360 g/mol. The molecule has 2 rings (SSSR count). The molecule has 0 unspecified atom stereocenters. The number of nitrogens with zero attached hydrogens (tertiary/aromatic N) is 3. The number of hydrogen-bond acceptors (Lipinski definition) is 4. The third-order valence-corrected chi connectivity index (χ3v) is 5.79. The zero-order valence-electron chi connectivity index (χ0n) is 16.8. The highest BCUT2D eigenvalue weighted by atomic mass is 32.2. The van der Waals surface area contributed by atoms with Gasteiger partial charge in [-0.3, -0.25) is 14.3 Å². The van der Waals surface area contributed by atoms with Crippen LogP contribution in [0, 0.1) is 0 Å². The third kappa shape index (κ3) is 5.86. The zero-order chi connectivity index (χ0) is 19.6. The largest absolute Gasteiger partial charge is 0.329 e. The number of aromatic nitrogens is 4. The number of fused-ring (bicyclic) bond motifs is 1. The number of imidazole rings is 1. The number of aryl methyl sites for hydroxylation is 1. The summed E-state index contributed by atoms with van der Waals surface area (Å²) >= 11 is 1.67. The highest BCUT2D eigenvalue weighted by molar-refractivity contribution is 7.99. The molecule has 150 valence electrons. The van der Waals surface area contributed by atoms with Crippen molar-refractivity contribution in [3.05, 3.63) is 33.0 Å². The molecule has 27 heavy (non-hydrogen) atoms. The first-order valence-corrected chi connectivity index (χ1v) is 11.0. The smallest absolute Gasteiger partial charge is 0.309 e. The van der Waals surface area contributed by atoms with Crippen LogP contribution in [0.1, 0.15) is 65.2 Å². The molecule has 0 aromatic carbocycles. The molecule has 7 heteroatoms. The molecule has 0 saturated heterocycles. The van der Waals surface area contributed by atoms with Crippen molar-refractivity contribution in [2.45, 2.75) is 76.9 Å². The Morgan fingerprint density at radius 2 is 1.74 bits per heavy atom. The van der Waals surface area contributed by atoms with Crippen LogP contribution in [0.15, 0.2) is 26.9 Å². The molecule has 2 aromatic heterocycles. The van der Waals surface area contributed by atoms with E-state index in [1.54, 1.807) is 18.8 Å². The van der Waals surface area contributed by atoms with E-state index in [0.29, 0.717) is 17.7 Å². The van der Waals surface area contributed by atoms with Gasteiger partial charge in [-0.1, -0.05) is 75.8 Å². The van der Waals surface area contributed by atoms with E-state index in [0.717, 1.165) is 17.3 Å². The zero-order valence-corrected chi connectivity index (χ0v) is 17.6. The number of unbranched alkanes of at least 4 members (excludes halogenated alkanes) is 7. The van der Waals surface area contributed by atoms with Crippen LogP contribution >= 0.6 is 11.8 Å². The molecular formula is C20H32N4O2S. The summed E-state index contributed by atoms with van der Waals surface area (Å²) in [5, 5.41) is 0.803. The lowest BCUT2D eigenvalue weighted by Crippen LogP contribution is -2.29. The van der Waals surface area contributed by atoms with Crippen LogP contribution < -0.4 is 11.2 Å². The SMILES string of the molecule is C/C=C/Cn1c(SCCCCCCCCCC)nc2c1c(=O)[nH]c(=O)n2C. The lowest BCUT2D eigenvalue weighted by molar-refractivity contribution is 0.586. The predicted octanol–water partition coefficient (Wildman–Crippen LogP) is 4.23. The number of rotatable bonds is 12. The Morgan fingerprint density at radius 3 is 2.41 bits per heavy atom.